The number of ether oxygens (including phenoxy) is 1. The van der Waals surface area contributed by atoms with Gasteiger partial charge >= 0.3 is 0 Å². The van der Waals surface area contributed by atoms with Crippen LogP contribution in [0, 0.1) is 22.7 Å². The van der Waals surface area contributed by atoms with Gasteiger partial charge < -0.3 is 4.74 Å². The Morgan fingerprint density at radius 1 is 1.20 bits per heavy atom. The van der Waals surface area contributed by atoms with Crippen molar-refractivity contribution in [1.82, 2.24) is 0 Å². The van der Waals surface area contributed by atoms with Gasteiger partial charge in [0.25, 0.3) is 0 Å². The number of allylic oxidation sites excluding steroid dienone is 4. The molecule has 3 heteroatoms. The van der Waals surface area contributed by atoms with Crippen LogP contribution in [-0.2, 0) is 14.3 Å². The quantitative estimate of drug-likeness (QED) is 0.547. The molecule has 4 atom stereocenters. The number of hydrogen-bond donors (Lipinski definition) is 0. The first-order chi connectivity index (χ1) is 11.7. The van der Waals surface area contributed by atoms with Crippen molar-refractivity contribution >= 4 is 11.6 Å². The van der Waals surface area contributed by atoms with Crippen LogP contribution in [0.5, 0.6) is 0 Å². The molecule has 0 saturated heterocycles. The minimum absolute atomic E-state index is 0.0105. The van der Waals surface area contributed by atoms with Gasteiger partial charge in [0.1, 0.15) is 0 Å². The summed E-state index contributed by atoms with van der Waals surface area (Å²) in [5.41, 5.74) is 2.19. The number of hydrogen-bond acceptors (Lipinski definition) is 3. The van der Waals surface area contributed by atoms with Crippen molar-refractivity contribution in [2.75, 3.05) is 7.11 Å². The third kappa shape index (κ3) is 2.82. The molecule has 0 heterocycles. The first-order valence-corrected chi connectivity index (χ1v) is 9.45. The maximum Gasteiger partial charge on any atom is 0.220 e. The molecule has 0 bridgehead atoms. The highest BCUT2D eigenvalue weighted by Gasteiger charge is 2.54. The van der Waals surface area contributed by atoms with Crippen LogP contribution in [0.1, 0.15) is 59.3 Å². The van der Waals surface area contributed by atoms with E-state index in [-0.39, 0.29) is 28.2 Å². The Bertz CT molecular complexity index is 683. The van der Waals surface area contributed by atoms with Gasteiger partial charge in [0.15, 0.2) is 11.5 Å². The van der Waals surface area contributed by atoms with Crippen LogP contribution >= 0.6 is 0 Å². The van der Waals surface area contributed by atoms with Crippen LogP contribution in [0.2, 0.25) is 0 Å². The van der Waals surface area contributed by atoms with Crippen molar-refractivity contribution in [3.8, 4) is 0 Å². The minimum atomic E-state index is -0.194. The molecule has 0 aromatic heterocycles. The van der Waals surface area contributed by atoms with Gasteiger partial charge in [0.05, 0.1) is 7.11 Å². The second kappa shape index (κ2) is 6.26. The Hall–Kier alpha value is -1.64. The lowest BCUT2D eigenvalue weighted by atomic mass is 9.46. The van der Waals surface area contributed by atoms with Gasteiger partial charge in [-0.2, -0.15) is 0 Å². The molecule has 0 amide bonds. The molecule has 2 fully saturated rings. The van der Waals surface area contributed by atoms with Gasteiger partial charge in [-0.15, -0.1) is 0 Å². The number of carbonyl (C=O) groups excluding carboxylic acids is 2. The Balaban J connectivity index is 1.93. The molecule has 3 nitrogen and oxygen atoms in total. The summed E-state index contributed by atoms with van der Waals surface area (Å²) in [7, 11) is 1.43. The molecule has 2 saturated carbocycles. The molecule has 0 aromatic carbocycles. The second-order valence-corrected chi connectivity index (χ2v) is 8.70. The van der Waals surface area contributed by atoms with Gasteiger partial charge in [0.2, 0.25) is 5.78 Å². The SMILES string of the molecule is C=C1CCC[C@H]2[C@](C)(CC3=CC(=O)C(OC)=CC3=O)[C@@H](C)CC[C@]12C. The summed E-state index contributed by atoms with van der Waals surface area (Å²) in [6, 6.07) is 0. The van der Waals surface area contributed by atoms with Crippen molar-refractivity contribution in [3.63, 3.8) is 0 Å². The van der Waals surface area contributed by atoms with Crippen LogP contribution < -0.4 is 0 Å². The molecule has 136 valence electrons. The molecule has 3 aliphatic carbocycles. The Morgan fingerprint density at radius 2 is 1.92 bits per heavy atom. The summed E-state index contributed by atoms with van der Waals surface area (Å²) < 4.78 is 5.01. The highest BCUT2D eigenvalue weighted by atomic mass is 16.5. The normalized spacial score (nSPS) is 38.8. The number of methoxy groups -OCH3 is 1. The van der Waals surface area contributed by atoms with Gasteiger partial charge in [0, 0.05) is 11.6 Å². The summed E-state index contributed by atoms with van der Waals surface area (Å²) in [5, 5.41) is 0. The third-order valence-corrected chi connectivity index (χ3v) is 7.48. The molecular weight excluding hydrogens is 312 g/mol. The fourth-order valence-corrected chi connectivity index (χ4v) is 5.56. The van der Waals surface area contributed by atoms with Gasteiger partial charge in [-0.25, -0.2) is 0 Å². The zero-order valence-electron chi connectivity index (χ0n) is 16.0. The zero-order valence-corrected chi connectivity index (χ0v) is 16.0. The lowest BCUT2D eigenvalue weighted by molar-refractivity contribution is -0.118. The Morgan fingerprint density at radius 3 is 2.60 bits per heavy atom. The fraction of sp³-hybridized carbons (Fsp3) is 0.636. The number of rotatable bonds is 3. The third-order valence-electron chi connectivity index (χ3n) is 7.48. The van der Waals surface area contributed by atoms with Crippen molar-refractivity contribution in [1.29, 1.82) is 0 Å². The smallest absolute Gasteiger partial charge is 0.220 e. The highest BCUT2D eigenvalue weighted by molar-refractivity contribution is 6.19. The van der Waals surface area contributed by atoms with E-state index in [1.165, 1.54) is 44.1 Å². The largest absolute Gasteiger partial charge is 0.493 e. The highest BCUT2D eigenvalue weighted by Crippen LogP contribution is 2.63. The number of fused-ring (bicyclic) bond motifs is 1. The summed E-state index contributed by atoms with van der Waals surface area (Å²) in [4.78, 5) is 24.7. The molecule has 0 aliphatic heterocycles. The standard InChI is InChI=1S/C22H30O3/c1-14-7-6-8-20-21(14,3)10-9-15(2)22(20,4)13-16-11-18(24)19(25-5)12-17(16)23/h11-12,15,20H,1,6-10,13H2,2-5H3/t15-,20+,21+,22+/m0/s1. The number of ketones is 2. The average molecular weight is 342 g/mol. The lowest BCUT2D eigenvalue weighted by Crippen LogP contribution is -2.50. The predicted molar refractivity (Wildman–Crippen MR) is 98.9 cm³/mol. The van der Waals surface area contributed by atoms with Crippen LogP contribution in [-0.4, -0.2) is 18.7 Å². The molecule has 0 aromatic rings. The maximum atomic E-state index is 12.5. The zero-order chi connectivity index (χ0) is 18.4. The van der Waals surface area contributed by atoms with E-state index in [0.717, 1.165) is 12.8 Å². The predicted octanol–water partition coefficient (Wildman–Crippen LogP) is 4.78. The molecule has 3 rings (SSSR count). The lowest BCUT2D eigenvalue weighted by Gasteiger charge is -2.59. The first kappa shape index (κ1) is 18.2. The van der Waals surface area contributed by atoms with Gasteiger partial charge in [-0.1, -0.05) is 32.9 Å². The summed E-state index contributed by atoms with van der Waals surface area (Å²) in [6.07, 6.45) is 9.35. The van der Waals surface area contributed by atoms with E-state index in [4.69, 9.17) is 4.74 Å². The molecule has 0 unspecified atom stereocenters. The molecule has 0 spiro atoms. The molecular formula is C22H30O3. The second-order valence-electron chi connectivity index (χ2n) is 8.70. The van der Waals surface area contributed by atoms with Crippen LogP contribution in [0.15, 0.2) is 35.6 Å². The minimum Gasteiger partial charge on any atom is -0.493 e. The van der Waals surface area contributed by atoms with E-state index in [1.54, 1.807) is 0 Å². The summed E-state index contributed by atoms with van der Waals surface area (Å²) in [5.74, 6) is 0.910. The van der Waals surface area contributed by atoms with Crippen molar-refractivity contribution < 1.29 is 14.3 Å². The average Bonchev–Trinajstić information content (AvgIpc) is 2.57. The van der Waals surface area contributed by atoms with E-state index < -0.39 is 0 Å². The van der Waals surface area contributed by atoms with E-state index in [1.807, 2.05) is 0 Å². The number of carbonyl (C=O) groups is 2. The van der Waals surface area contributed by atoms with E-state index in [9.17, 15) is 9.59 Å². The Labute approximate surface area is 151 Å². The van der Waals surface area contributed by atoms with E-state index in [0.29, 0.717) is 23.8 Å². The van der Waals surface area contributed by atoms with Crippen LogP contribution in [0.25, 0.3) is 0 Å². The van der Waals surface area contributed by atoms with E-state index >= 15 is 0 Å². The summed E-state index contributed by atoms with van der Waals surface area (Å²) >= 11 is 0. The fourth-order valence-electron chi connectivity index (χ4n) is 5.56. The van der Waals surface area contributed by atoms with Crippen molar-refractivity contribution in [2.45, 2.75) is 59.3 Å². The summed E-state index contributed by atoms with van der Waals surface area (Å²) in [6.45, 7) is 11.4. The monoisotopic (exact) mass is 342 g/mol. The molecule has 3 aliphatic rings. The van der Waals surface area contributed by atoms with Crippen molar-refractivity contribution in [2.24, 2.45) is 22.7 Å². The van der Waals surface area contributed by atoms with E-state index in [2.05, 4.69) is 27.4 Å². The van der Waals surface area contributed by atoms with Crippen molar-refractivity contribution in [3.05, 3.63) is 35.6 Å². The molecule has 0 radical (unpaired) electrons. The van der Waals surface area contributed by atoms with Crippen LogP contribution in [0.4, 0.5) is 0 Å². The molecule has 25 heavy (non-hydrogen) atoms. The first-order valence-electron chi connectivity index (χ1n) is 9.45. The maximum absolute atomic E-state index is 12.5. The topological polar surface area (TPSA) is 43.4 Å². The van der Waals surface area contributed by atoms with Crippen LogP contribution in [0.3, 0.4) is 0 Å². The Kier molecular flexibility index (Phi) is 4.55. The van der Waals surface area contributed by atoms with Gasteiger partial charge in [-0.3, -0.25) is 9.59 Å². The molecule has 0 N–H and O–H groups in total. The van der Waals surface area contributed by atoms with Gasteiger partial charge in [-0.05, 0) is 67.3 Å².